The van der Waals surface area contributed by atoms with Gasteiger partial charge in [-0.3, -0.25) is 4.98 Å². The molecule has 0 radical (unpaired) electrons. The fourth-order valence-electron chi connectivity index (χ4n) is 5.68. The molecule has 8 rings (SSSR count). The minimum Gasteiger partial charge on any atom is -0.457 e. The molecule has 4 aromatic heterocycles. The van der Waals surface area contributed by atoms with Crippen molar-refractivity contribution in [3.63, 3.8) is 0 Å². The van der Waals surface area contributed by atoms with E-state index in [2.05, 4.69) is 59.1 Å². The standard InChI is InChI=1S/C35H23N3O2/c1-37-20-8-14-28-27-17-18-32-33(29-13-2-3-16-31(29)40-32)34(27)38(35(28)37)24-10-7-12-26(22-24)39-25-11-6-9-23(21-25)30-15-4-5-19-36-30/h2-22H,1H2. The number of aromatic nitrogens is 3. The maximum atomic E-state index is 6.39. The molecule has 0 N–H and O–H groups in total. The Bertz CT molecular complexity index is 2210. The van der Waals surface area contributed by atoms with Gasteiger partial charge < -0.3 is 13.7 Å². The van der Waals surface area contributed by atoms with Gasteiger partial charge in [0.05, 0.1) is 11.1 Å². The fraction of sp³-hybridized carbons (Fsp3) is 0. The lowest BCUT2D eigenvalue weighted by Gasteiger charge is -2.11. The van der Waals surface area contributed by atoms with Gasteiger partial charge in [0.15, 0.2) is 5.65 Å². The Morgan fingerprint density at radius 3 is 2.42 bits per heavy atom. The molecular formula is C35H23N3O2. The number of pyridine rings is 2. The van der Waals surface area contributed by atoms with Crippen LogP contribution in [0.2, 0.25) is 0 Å². The third-order valence-corrected chi connectivity index (χ3v) is 7.39. The lowest BCUT2D eigenvalue weighted by atomic mass is 10.1. The minimum absolute atomic E-state index is 0.737. The van der Waals surface area contributed by atoms with Crippen molar-refractivity contribution in [3.8, 4) is 28.4 Å². The van der Waals surface area contributed by atoms with E-state index in [1.165, 1.54) is 0 Å². The molecule has 0 aliphatic heterocycles. The molecule has 4 heterocycles. The Balaban J connectivity index is 1.34. The molecule has 0 saturated carbocycles. The van der Waals surface area contributed by atoms with Gasteiger partial charge in [-0.1, -0.05) is 54.6 Å². The van der Waals surface area contributed by atoms with E-state index in [1.807, 2.05) is 83.6 Å². The number of ether oxygens (including phenoxy) is 1. The molecule has 0 aliphatic carbocycles. The molecule has 40 heavy (non-hydrogen) atoms. The molecule has 0 bridgehead atoms. The van der Waals surface area contributed by atoms with Crippen LogP contribution in [0.3, 0.4) is 0 Å². The third-order valence-electron chi connectivity index (χ3n) is 7.39. The van der Waals surface area contributed by atoms with Crippen LogP contribution in [0.25, 0.3) is 60.8 Å². The normalized spacial score (nSPS) is 11.6. The summed E-state index contributed by atoms with van der Waals surface area (Å²) < 4.78 is 16.8. The molecule has 190 valence electrons. The van der Waals surface area contributed by atoms with Crippen molar-refractivity contribution < 1.29 is 13.7 Å². The molecule has 0 amide bonds. The molecule has 4 aromatic carbocycles. The van der Waals surface area contributed by atoms with Crippen LogP contribution >= 0.6 is 0 Å². The highest BCUT2D eigenvalue weighted by Crippen LogP contribution is 2.40. The third kappa shape index (κ3) is 3.45. The summed E-state index contributed by atoms with van der Waals surface area (Å²) >= 11 is 0. The molecule has 8 aromatic rings. The van der Waals surface area contributed by atoms with Crippen molar-refractivity contribution in [1.29, 1.82) is 0 Å². The van der Waals surface area contributed by atoms with E-state index in [0.29, 0.717) is 0 Å². The van der Waals surface area contributed by atoms with Crippen LogP contribution in [-0.4, -0.2) is 9.55 Å². The van der Waals surface area contributed by atoms with Gasteiger partial charge in [0, 0.05) is 34.0 Å². The van der Waals surface area contributed by atoms with E-state index in [-0.39, 0.29) is 0 Å². The van der Waals surface area contributed by atoms with E-state index in [4.69, 9.17) is 9.15 Å². The zero-order valence-corrected chi connectivity index (χ0v) is 21.5. The molecule has 5 nitrogen and oxygen atoms in total. The maximum Gasteiger partial charge on any atom is 0.192 e. The number of benzene rings is 4. The number of hydrogen-bond acceptors (Lipinski definition) is 3. The summed E-state index contributed by atoms with van der Waals surface area (Å²) in [5, 5.41) is 4.43. The Morgan fingerprint density at radius 2 is 1.52 bits per heavy atom. The van der Waals surface area contributed by atoms with Gasteiger partial charge in [0.2, 0.25) is 0 Å². The maximum absolute atomic E-state index is 6.39. The summed E-state index contributed by atoms with van der Waals surface area (Å²) in [6.45, 7) is 0. The van der Waals surface area contributed by atoms with Crippen molar-refractivity contribution in [3.05, 3.63) is 135 Å². The second-order valence-electron chi connectivity index (χ2n) is 9.83. The van der Waals surface area contributed by atoms with Gasteiger partial charge in [-0.05, 0) is 67.8 Å². The molecule has 0 aliphatic rings. The molecular weight excluding hydrogens is 494 g/mol. The summed E-state index contributed by atoms with van der Waals surface area (Å²) in [5.74, 6) is 1.49. The highest BCUT2D eigenvalue weighted by Gasteiger charge is 2.23. The predicted molar refractivity (Wildman–Crippen MR) is 159 cm³/mol. The van der Waals surface area contributed by atoms with Crippen LogP contribution in [-0.2, 0) is 0 Å². The number of furan rings is 1. The van der Waals surface area contributed by atoms with Gasteiger partial charge >= 0.3 is 0 Å². The molecule has 0 unspecified atom stereocenters. The van der Waals surface area contributed by atoms with Crippen LogP contribution in [0.15, 0.2) is 132 Å². The summed E-state index contributed by atoms with van der Waals surface area (Å²) in [4.78, 5) is 4.48. The Hall–Kier alpha value is -5.55. The average Bonchev–Trinajstić information content (AvgIpc) is 3.54. The first-order valence-corrected chi connectivity index (χ1v) is 13.1. The summed E-state index contributed by atoms with van der Waals surface area (Å²) in [7, 11) is 4.32. The van der Waals surface area contributed by atoms with Crippen LogP contribution in [0.4, 0.5) is 0 Å². The van der Waals surface area contributed by atoms with E-state index in [9.17, 15) is 0 Å². The predicted octanol–water partition coefficient (Wildman–Crippen LogP) is 8.46. The Labute approximate surface area is 230 Å². The van der Waals surface area contributed by atoms with Crippen LogP contribution in [0, 0.1) is 7.05 Å². The van der Waals surface area contributed by atoms with Crippen molar-refractivity contribution in [2.24, 2.45) is 0 Å². The summed E-state index contributed by atoms with van der Waals surface area (Å²) in [5.41, 5.74) is 6.67. The van der Waals surface area contributed by atoms with Crippen molar-refractivity contribution in [2.45, 2.75) is 0 Å². The Kier molecular flexibility index (Phi) is 4.91. The van der Waals surface area contributed by atoms with Crippen LogP contribution < -0.4 is 9.30 Å². The van der Waals surface area contributed by atoms with Crippen molar-refractivity contribution in [1.82, 2.24) is 9.55 Å². The first-order chi connectivity index (χ1) is 19.7. The van der Waals surface area contributed by atoms with Gasteiger partial charge in [0.1, 0.15) is 33.9 Å². The first-order valence-electron chi connectivity index (χ1n) is 13.1. The van der Waals surface area contributed by atoms with Crippen LogP contribution in [0.1, 0.15) is 0 Å². The topological polar surface area (TPSA) is 44.1 Å². The number of rotatable bonds is 4. The summed E-state index contributed by atoms with van der Waals surface area (Å²) in [6.07, 6.45) is 3.78. The molecule has 5 heteroatoms. The Morgan fingerprint density at radius 1 is 0.700 bits per heavy atom. The SMILES string of the molecule is [CH2-][n+]1cccc2c3ccc4oc5ccccc5c4c3n(-c3cccc(Oc4cccc(-c5ccccn5)c4)c3)c21. The second kappa shape index (κ2) is 8.75. The zero-order valence-electron chi connectivity index (χ0n) is 21.5. The van der Waals surface area contributed by atoms with Crippen molar-refractivity contribution in [2.75, 3.05) is 0 Å². The smallest absolute Gasteiger partial charge is 0.192 e. The second-order valence-corrected chi connectivity index (χ2v) is 9.83. The number of nitrogens with zero attached hydrogens (tertiary/aromatic N) is 3. The first kappa shape index (κ1) is 22.4. The fourth-order valence-corrected chi connectivity index (χ4v) is 5.68. The molecule has 0 saturated heterocycles. The minimum atomic E-state index is 0.737. The molecule has 0 spiro atoms. The highest BCUT2D eigenvalue weighted by atomic mass is 16.5. The largest absolute Gasteiger partial charge is 0.457 e. The van der Waals surface area contributed by atoms with E-state index in [0.717, 1.165) is 72.3 Å². The van der Waals surface area contributed by atoms with E-state index < -0.39 is 0 Å². The quantitative estimate of drug-likeness (QED) is 0.174. The number of hydrogen-bond donors (Lipinski definition) is 0. The summed E-state index contributed by atoms with van der Waals surface area (Å²) in [6, 6.07) is 38.7. The molecule has 0 atom stereocenters. The molecule has 0 fully saturated rings. The van der Waals surface area contributed by atoms with Gasteiger partial charge in [-0.15, -0.1) is 0 Å². The number of fused-ring (bicyclic) bond motifs is 7. The number of para-hydroxylation sites is 1. The zero-order chi connectivity index (χ0) is 26.6. The van der Waals surface area contributed by atoms with Crippen LogP contribution in [0.5, 0.6) is 11.5 Å². The average molecular weight is 518 g/mol. The highest BCUT2D eigenvalue weighted by molar-refractivity contribution is 6.23. The van der Waals surface area contributed by atoms with Gasteiger partial charge in [0.25, 0.3) is 0 Å². The monoisotopic (exact) mass is 517 g/mol. The lowest BCUT2D eigenvalue weighted by molar-refractivity contribution is -0.586. The van der Waals surface area contributed by atoms with Gasteiger partial charge in [-0.2, -0.15) is 0 Å². The van der Waals surface area contributed by atoms with Crippen molar-refractivity contribution >= 4 is 43.9 Å². The lowest BCUT2D eigenvalue weighted by Crippen LogP contribution is -2.27. The van der Waals surface area contributed by atoms with E-state index >= 15 is 0 Å². The van der Waals surface area contributed by atoms with Gasteiger partial charge in [-0.25, -0.2) is 4.57 Å². The van der Waals surface area contributed by atoms with E-state index in [1.54, 1.807) is 6.20 Å².